The van der Waals surface area contributed by atoms with Crippen LogP contribution in [-0.4, -0.2) is 37.3 Å². The van der Waals surface area contributed by atoms with Gasteiger partial charge in [-0.3, -0.25) is 19.7 Å². The van der Waals surface area contributed by atoms with Crippen molar-refractivity contribution in [3.05, 3.63) is 75.6 Å². The number of carbonyl (C=O) groups is 2. The van der Waals surface area contributed by atoms with Gasteiger partial charge in [-0.2, -0.15) is 0 Å². The molecule has 3 rings (SSSR count). The number of nitro benzene ring substituents is 1. The zero-order valence-corrected chi connectivity index (χ0v) is 20.1. The van der Waals surface area contributed by atoms with Gasteiger partial charge in [0.1, 0.15) is 0 Å². The number of anilines is 1. The van der Waals surface area contributed by atoms with Crippen molar-refractivity contribution in [1.82, 2.24) is 20.1 Å². The predicted octanol–water partition coefficient (Wildman–Crippen LogP) is 3.89. The summed E-state index contributed by atoms with van der Waals surface area (Å²) in [6.07, 6.45) is 0. The van der Waals surface area contributed by atoms with Crippen LogP contribution in [0.5, 0.6) is 0 Å². The first-order chi connectivity index (χ1) is 16.2. The van der Waals surface area contributed by atoms with Crippen LogP contribution >= 0.6 is 11.8 Å². The number of nitrogens with one attached hydrogen (secondary N) is 2. The van der Waals surface area contributed by atoms with E-state index in [0.29, 0.717) is 22.2 Å². The number of carbonyl (C=O) groups excluding carboxylic acids is 2. The highest BCUT2D eigenvalue weighted by atomic mass is 32.2. The van der Waals surface area contributed by atoms with Gasteiger partial charge in [-0.05, 0) is 37.1 Å². The van der Waals surface area contributed by atoms with Gasteiger partial charge >= 0.3 is 0 Å². The number of non-ortho nitro benzene ring substituents is 1. The molecule has 0 aliphatic heterocycles. The van der Waals surface area contributed by atoms with E-state index >= 15 is 0 Å². The standard InChI is InChI=1S/C23H26N6O4S/c1-14(2)20(25-22(31)16-7-5-6-15(3)12-16)21-26-27-23(28(21)4)34-13-19(30)24-17-8-10-18(11-9-17)29(32)33/h5-12,14,20H,13H2,1-4H3,(H,24,30)(H,25,31)/t20-/m0/s1. The lowest BCUT2D eigenvalue weighted by Gasteiger charge is -2.21. The molecule has 0 aliphatic rings. The maximum Gasteiger partial charge on any atom is 0.269 e. The van der Waals surface area contributed by atoms with Crippen LogP contribution in [0.3, 0.4) is 0 Å². The lowest BCUT2D eigenvalue weighted by atomic mass is 10.0. The van der Waals surface area contributed by atoms with Crippen molar-refractivity contribution in [3.8, 4) is 0 Å². The van der Waals surface area contributed by atoms with Crippen LogP contribution in [0.1, 0.15) is 41.6 Å². The summed E-state index contributed by atoms with van der Waals surface area (Å²) in [5, 5.41) is 25.5. The third kappa shape index (κ3) is 6.19. The van der Waals surface area contributed by atoms with E-state index in [2.05, 4.69) is 20.8 Å². The first-order valence-electron chi connectivity index (χ1n) is 10.6. The lowest BCUT2D eigenvalue weighted by molar-refractivity contribution is -0.384. The SMILES string of the molecule is Cc1cccc(C(=O)N[C@H](c2nnc(SCC(=O)Nc3ccc([N+](=O)[O-])cc3)n2C)C(C)C)c1. The first kappa shape index (κ1) is 24.9. The van der Waals surface area contributed by atoms with Crippen LogP contribution in [-0.2, 0) is 11.8 Å². The molecule has 34 heavy (non-hydrogen) atoms. The van der Waals surface area contributed by atoms with Crippen molar-refractivity contribution in [2.24, 2.45) is 13.0 Å². The van der Waals surface area contributed by atoms with Crippen LogP contribution in [0.2, 0.25) is 0 Å². The lowest BCUT2D eigenvalue weighted by Crippen LogP contribution is -2.33. The average Bonchev–Trinajstić information content (AvgIpc) is 3.16. The molecule has 3 aromatic rings. The summed E-state index contributed by atoms with van der Waals surface area (Å²) in [6.45, 7) is 5.90. The van der Waals surface area contributed by atoms with E-state index in [4.69, 9.17) is 0 Å². The number of rotatable bonds is 9. The summed E-state index contributed by atoms with van der Waals surface area (Å²) in [6, 6.07) is 12.6. The van der Waals surface area contributed by atoms with Crippen molar-refractivity contribution in [2.45, 2.75) is 32.0 Å². The molecule has 0 spiro atoms. The molecule has 0 saturated heterocycles. The molecule has 1 heterocycles. The molecule has 0 radical (unpaired) electrons. The molecule has 1 aromatic heterocycles. The zero-order valence-electron chi connectivity index (χ0n) is 19.3. The Labute approximate surface area is 201 Å². The Kier molecular flexibility index (Phi) is 8.00. The number of amides is 2. The van der Waals surface area contributed by atoms with E-state index in [9.17, 15) is 19.7 Å². The van der Waals surface area contributed by atoms with Gasteiger partial charge in [-0.15, -0.1) is 10.2 Å². The van der Waals surface area contributed by atoms with Crippen LogP contribution in [0, 0.1) is 23.0 Å². The monoisotopic (exact) mass is 482 g/mol. The summed E-state index contributed by atoms with van der Waals surface area (Å²) in [5.41, 5.74) is 1.99. The molecule has 0 bridgehead atoms. The summed E-state index contributed by atoms with van der Waals surface area (Å²) >= 11 is 1.21. The first-order valence-corrected chi connectivity index (χ1v) is 11.6. The number of nitro groups is 1. The molecule has 10 nitrogen and oxygen atoms in total. The molecule has 178 valence electrons. The summed E-state index contributed by atoms with van der Waals surface area (Å²) in [5.74, 6) is 0.248. The Balaban J connectivity index is 1.64. The second-order valence-corrected chi connectivity index (χ2v) is 9.05. The quantitative estimate of drug-likeness (QED) is 0.269. The molecule has 0 fully saturated rings. The maximum atomic E-state index is 12.8. The fraction of sp³-hybridized carbons (Fsp3) is 0.304. The topological polar surface area (TPSA) is 132 Å². The molecular formula is C23H26N6O4S. The number of hydrogen-bond donors (Lipinski definition) is 2. The third-order valence-corrected chi connectivity index (χ3v) is 6.09. The van der Waals surface area contributed by atoms with Crippen LogP contribution in [0.25, 0.3) is 0 Å². The van der Waals surface area contributed by atoms with Crippen LogP contribution in [0.15, 0.2) is 53.7 Å². The number of aryl methyl sites for hydroxylation is 1. The van der Waals surface area contributed by atoms with E-state index in [-0.39, 0.29) is 35.2 Å². The molecule has 1 atom stereocenters. The molecule has 2 N–H and O–H groups in total. The maximum absolute atomic E-state index is 12.8. The number of thioether (sulfide) groups is 1. The minimum absolute atomic E-state index is 0.0480. The molecular weight excluding hydrogens is 456 g/mol. The number of aromatic nitrogens is 3. The molecule has 2 amide bonds. The van der Waals surface area contributed by atoms with Gasteiger partial charge < -0.3 is 15.2 Å². The van der Waals surface area contributed by atoms with Crippen molar-refractivity contribution in [1.29, 1.82) is 0 Å². The Morgan fingerprint density at radius 2 is 1.85 bits per heavy atom. The zero-order chi connectivity index (χ0) is 24.8. The summed E-state index contributed by atoms with van der Waals surface area (Å²) in [7, 11) is 1.79. The normalized spacial score (nSPS) is 11.8. The fourth-order valence-corrected chi connectivity index (χ4v) is 3.97. The Hall–Kier alpha value is -3.73. The number of nitrogens with zero attached hydrogens (tertiary/aromatic N) is 4. The fourth-order valence-electron chi connectivity index (χ4n) is 3.26. The van der Waals surface area contributed by atoms with Gasteiger partial charge in [-0.25, -0.2) is 0 Å². The minimum Gasteiger partial charge on any atom is -0.342 e. The van der Waals surface area contributed by atoms with E-state index in [1.807, 2.05) is 39.0 Å². The Morgan fingerprint density at radius 3 is 2.47 bits per heavy atom. The second kappa shape index (κ2) is 10.9. The average molecular weight is 483 g/mol. The minimum atomic E-state index is -0.499. The largest absolute Gasteiger partial charge is 0.342 e. The highest BCUT2D eigenvalue weighted by Gasteiger charge is 2.25. The highest BCUT2D eigenvalue weighted by molar-refractivity contribution is 7.99. The van der Waals surface area contributed by atoms with Crippen molar-refractivity contribution >= 4 is 35.0 Å². The van der Waals surface area contributed by atoms with Gasteiger partial charge in [0, 0.05) is 30.4 Å². The smallest absolute Gasteiger partial charge is 0.269 e. The highest BCUT2D eigenvalue weighted by Crippen LogP contribution is 2.25. The third-order valence-electron chi connectivity index (χ3n) is 5.07. The Morgan fingerprint density at radius 1 is 1.15 bits per heavy atom. The van der Waals surface area contributed by atoms with Crippen molar-refractivity contribution < 1.29 is 14.5 Å². The van der Waals surface area contributed by atoms with Crippen LogP contribution < -0.4 is 10.6 Å². The molecule has 0 unspecified atom stereocenters. The van der Waals surface area contributed by atoms with Gasteiger partial charge in [-0.1, -0.05) is 43.3 Å². The molecule has 0 aliphatic carbocycles. The van der Waals surface area contributed by atoms with Gasteiger partial charge in [0.15, 0.2) is 11.0 Å². The van der Waals surface area contributed by atoms with E-state index < -0.39 is 4.92 Å². The second-order valence-electron chi connectivity index (χ2n) is 8.11. The van der Waals surface area contributed by atoms with Crippen molar-refractivity contribution in [2.75, 3.05) is 11.1 Å². The molecule has 2 aromatic carbocycles. The van der Waals surface area contributed by atoms with E-state index in [1.165, 1.54) is 36.0 Å². The molecule has 0 saturated carbocycles. The summed E-state index contributed by atoms with van der Waals surface area (Å²) < 4.78 is 1.77. The van der Waals surface area contributed by atoms with Crippen molar-refractivity contribution in [3.63, 3.8) is 0 Å². The number of hydrogen-bond acceptors (Lipinski definition) is 7. The predicted molar refractivity (Wildman–Crippen MR) is 130 cm³/mol. The Bertz CT molecular complexity index is 1190. The van der Waals surface area contributed by atoms with E-state index in [0.717, 1.165) is 5.56 Å². The number of benzene rings is 2. The van der Waals surface area contributed by atoms with Gasteiger partial charge in [0.05, 0.1) is 16.7 Å². The van der Waals surface area contributed by atoms with Crippen LogP contribution in [0.4, 0.5) is 11.4 Å². The van der Waals surface area contributed by atoms with Gasteiger partial charge in [0.2, 0.25) is 5.91 Å². The molecule has 11 heteroatoms. The van der Waals surface area contributed by atoms with Gasteiger partial charge in [0.25, 0.3) is 11.6 Å². The summed E-state index contributed by atoms with van der Waals surface area (Å²) in [4.78, 5) is 35.3. The van der Waals surface area contributed by atoms with E-state index in [1.54, 1.807) is 17.7 Å².